The Bertz CT molecular complexity index is 497. The number of hydrogen-bond acceptors (Lipinski definition) is 3. The Morgan fingerprint density at radius 2 is 2.24 bits per heavy atom. The summed E-state index contributed by atoms with van der Waals surface area (Å²) in [5, 5.41) is 0. The van der Waals surface area contributed by atoms with Gasteiger partial charge >= 0.3 is 0 Å². The van der Waals surface area contributed by atoms with Crippen LogP contribution in [0.1, 0.15) is 42.9 Å². The second-order valence-electron chi connectivity index (χ2n) is 5.96. The molecule has 21 heavy (non-hydrogen) atoms. The zero-order valence-electron chi connectivity index (χ0n) is 12.5. The van der Waals surface area contributed by atoms with Crippen LogP contribution in [0.15, 0.2) is 24.3 Å². The third-order valence-corrected chi connectivity index (χ3v) is 4.66. The summed E-state index contributed by atoms with van der Waals surface area (Å²) in [5.74, 6) is 0.218. The van der Waals surface area contributed by atoms with Crippen molar-refractivity contribution in [2.24, 2.45) is 5.73 Å². The first-order valence-corrected chi connectivity index (χ1v) is 7.98. The maximum atomic E-state index is 12.5. The smallest absolute Gasteiger partial charge is 0.223 e. The lowest BCUT2D eigenvalue weighted by Gasteiger charge is -2.37. The molecule has 1 aromatic carbocycles. The number of nitrogens with two attached hydrogens (primary N) is 1. The monoisotopic (exact) mass is 288 g/mol. The maximum Gasteiger partial charge on any atom is 0.223 e. The average Bonchev–Trinajstić information content (AvgIpc) is 3.04. The van der Waals surface area contributed by atoms with E-state index in [1.165, 1.54) is 11.1 Å². The van der Waals surface area contributed by atoms with Gasteiger partial charge < -0.3 is 15.4 Å². The Morgan fingerprint density at radius 3 is 3.00 bits per heavy atom. The van der Waals surface area contributed by atoms with Crippen molar-refractivity contribution >= 4 is 5.91 Å². The highest BCUT2D eigenvalue weighted by molar-refractivity contribution is 5.77. The van der Waals surface area contributed by atoms with Crippen LogP contribution in [0.25, 0.3) is 0 Å². The number of ether oxygens (including phenoxy) is 1. The first kappa shape index (κ1) is 14.5. The fourth-order valence-corrected chi connectivity index (χ4v) is 3.50. The molecule has 1 aromatic rings. The van der Waals surface area contributed by atoms with Crippen LogP contribution in [0.3, 0.4) is 0 Å². The molecule has 2 aliphatic rings. The molecule has 2 unspecified atom stereocenters. The van der Waals surface area contributed by atoms with Crippen LogP contribution in [-0.4, -0.2) is 36.6 Å². The molecule has 2 heterocycles. The van der Waals surface area contributed by atoms with Crippen LogP contribution >= 0.6 is 0 Å². The minimum Gasteiger partial charge on any atom is -0.378 e. The Hall–Kier alpha value is -1.39. The van der Waals surface area contributed by atoms with Crippen molar-refractivity contribution in [3.8, 4) is 0 Å². The van der Waals surface area contributed by atoms with E-state index >= 15 is 0 Å². The molecule has 0 spiro atoms. The largest absolute Gasteiger partial charge is 0.378 e. The summed E-state index contributed by atoms with van der Waals surface area (Å²) in [4.78, 5) is 14.5. The van der Waals surface area contributed by atoms with Gasteiger partial charge in [-0.2, -0.15) is 0 Å². The Morgan fingerprint density at radius 1 is 1.38 bits per heavy atom. The highest BCUT2D eigenvalue weighted by Crippen LogP contribution is 2.30. The number of hydrogen-bond donors (Lipinski definition) is 1. The number of benzene rings is 1. The highest BCUT2D eigenvalue weighted by atomic mass is 16.5. The lowest BCUT2D eigenvalue weighted by Crippen LogP contribution is -2.43. The van der Waals surface area contributed by atoms with Gasteiger partial charge in [0.25, 0.3) is 0 Å². The summed E-state index contributed by atoms with van der Waals surface area (Å²) in [5.41, 5.74) is 8.49. The molecule has 0 bridgehead atoms. The molecule has 2 N–H and O–H groups in total. The highest BCUT2D eigenvalue weighted by Gasteiger charge is 2.29. The number of carbonyl (C=O) groups is 1. The molecule has 4 nitrogen and oxygen atoms in total. The molecule has 2 atom stereocenters. The van der Waals surface area contributed by atoms with Gasteiger partial charge in [-0.15, -0.1) is 0 Å². The van der Waals surface area contributed by atoms with E-state index < -0.39 is 0 Å². The second kappa shape index (κ2) is 6.58. The minimum atomic E-state index is 0.0342. The van der Waals surface area contributed by atoms with Crippen molar-refractivity contribution < 1.29 is 9.53 Å². The third-order valence-electron chi connectivity index (χ3n) is 4.66. The minimum absolute atomic E-state index is 0.0342. The molecule has 0 radical (unpaired) electrons. The summed E-state index contributed by atoms with van der Waals surface area (Å²) in [6.07, 6.45) is 4.84. The van der Waals surface area contributed by atoms with Gasteiger partial charge in [0.05, 0.1) is 12.1 Å². The van der Waals surface area contributed by atoms with Crippen LogP contribution in [0.2, 0.25) is 0 Å². The lowest BCUT2D eigenvalue weighted by atomic mass is 9.92. The Balaban J connectivity index is 1.65. The predicted octanol–water partition coefficient (Wildman–Crippen LogP) is 2.03. The summed E-state index contributed by atoms with van der Waals surface area (Å²) in [6.45, 7) is 2.12. The Kier molecular flexibility index (Phi) is 4.56. The quantitative estimate of drug-likeness (QED) is 0.922. The van der Waals surface area contributed by atoms with E-state index in [2.05, 4.69) is 18.2 Å². The van der Waals surface area contributed by atoms with Gasteiger partial charge in [-0.3, -0.25) is 4.79 Å². The van der Waals surface area contributed by atoms with E-state index in [0.717, 1.165) is 38.8 Å². The number of fused-ring (bicyclic) bond motifs is 1. The van der Waals surface area contributed by atoms with E-state index in [-0.39, 0.29) is 18.1 Å². The first-order valence-electron chi connectivity index (χ1n) is 7.98. The van der Waals surface area contributed by atoms with E-state index in [4.69, 9.17) is 10.5 Å². The SMILES string of the molecule is NCC1c2ccccc2CCN1C(=O)CCC1CCCO1. The van der Waals surface area contributed by atoms with E-state index in [9.17, 15) is 4.79 Å². The number of carbonyl (C=O) groups excluding carboxylic acids is 1. The van der Waals surface area contributed by atoms with Crippen LogP contribution in [0, 0.1) is 0 Å². The lowest BCUT2D eigenvalue weighted by molar-refractivity contribution is -0.134. The maximum absolute atomic E-state index is 12.5. The van der Waals surface area contributed by atoms with Gasteiger partial charge in [-0.25, -0.2) is 0 Å². The zero-order valence-corrected chi connectivity index (χ0v) is 12.5. The number of rotatable bonds is 4. The summed E-state index contributed by atoms with van der Waals surface area (Å²) in [6, 6.07) is 8.37. The fraction of sp³-hybridized carbons (Fsp3) is 0.588. The van der Waals surface area contributed by atoms with E-state index in [1.807, 2.05) is 11.0 Å². The number of amides is 1. The van der Waals surface area contributed by atoms with Crippen LogP contribution in [0.4, 0.5) is 0 Å². The molecule has 0 saturated carbocycles. The standard InChI is InChI=1S/C17H24N2O2/c18-12-16-15-6-2-1-4-13(15)9-10-19(16)17(20)8-7-14-5-3-11-21-14/h1-2,4,6,14,16H,3,5,7-12,18H2. The molecule has 114 valence electrons. The second-order valence-corrected chi connectivity index (χ2v) is 5.96. The fourth-order valence-electron chi connectivity index (χ4n) is 3.50. The van der Waals surface area contributed by atoms with Gasteiger partial charge in [-0.05, 0) is 36.8 Å². The van der Waals surface area contributed by atoms with Gasteiger partial charge in [0.2, 0.25) is 5.91 Å². The van der Waals surface area contributed by atoms with Crippen molar-refractivity contribution in [3.05, 3.63) is 35.4 Å². The molecule has 2 aliphatic heterocycles. The molecular weight excluding hydrogens is 264 g/mol. The normalized spacial score (nSPS) is 24.9. The van der Waals surface area contributed by atoms with Gasteiger partial charge in [0.1, 0.15) is 0 Å². The van der Waals surface area contributed by atoms with Gasteiger partial charge in [-0.1, -0.05) is 24.3 Å². The summed E-state index contributed by atoms with van der Waals surface area (Å²) < 4.78 is 5.60. The summed E-state index contributed by atoms with van der Waals surface area (Å²) >= 11 is 0. The third kappa shape index (κ3) is 3.11. The Labute approximate surface area is 126 Å². The van der Waals surface area contributed by atoms with E-state index in [1.54, 1.807) is 0 Å². The predicted molar refractivity (Wildman–Crippen MR) is 81.9 cm³/mol. The molecular formula is C17H24N2O2. The molecule has 0 aromatic heterocycles. The topological polar surface area (TPSA) is 55.6 Å². The van der Waals surface area contributed by atoms with Crippen LogP contribution < -0.4 is 5.73 Å². The number of nitrogens with zero attached hydrogens (tertiary/aromatic N) is 1. The average molecular weight is 288 g/mol. The van der Waals surface area contributed by atoms with Crippen LogP contribution in [-0.2, 0) is 16.0 Å². The molecule has 0 aliphatic carbocycles. The molecule has 1 saturated heterocycles. The van der Waals surface area contributed by atoms with E-state index in [0.29, 0.717) is 13.0 Å². The molecule has 4 heteroatoms. The van der Waals surface area contributed by atoms with Crippen molar-refractivity contribution in [2.45, 2.75) is 44.2 Å². The van der Waals surface area contributed by atoms with Crippen molar-refractivity contribution in [3.63, 3.8) is 0 Å². The molecule has 3 rings (SSSR count). The zero-order chi connectivity index (χ0) is 14.7. The molecule has 1 amide bonds. The summed E-state index contributed by atoms with van der Waals surface area (Å²) in [7, 11) is 0. The van der Waals surface area contributed by atoms with Crippen molar-refractivity contribution in [1.29, 1.82) is 0 Å². The first-order chi connectivity index (χ1) is 10.3. The van der Waals surface area contributed by atoms with Crippen LogP contribution in [0.5, 0.6) is 0 Å². The van der Waals surface area contributed by atoms with Gasteiger partial charge in [0.15, 0.2) is 0 Å². The van der Waals surface area contributed by atoms with Gasteiger partial charge in [0, 0.05) is 26.1 Å². The van der Waals surface area contributed by atoms with Crippen molar-refractivity contribution in [2.75, 3.05) is 19.7 Å². The molecule has 1 fully saturated rings. The van der Waals surface area contributed by atoms with Crippen molar-refractivity contribution in [1.82, 2.24) is 4.90 Å².